The van der Waals surface area contributed by atoms with E-state index in [4.69, 9.17) is 14.5 Å². The zero-order valence-electron chi connectivity index (χ0n) is 20.6. The van der Waals surface area contributed by atoms with Gasteiger partial charge in [0.1, 0.15) is 5.82 Å². The highest BCUT2D eigenvalue weighted by molar-refractivity contribution is 7.07. The summed E-state index contributed by atoms with van der Waals surface area (Å²) >= 11 is 1.12. The molecule has 0 aliphatic carbocycles. The number of halogens is 1. The second kappa shape index (κ2) is 10.5. The first kappa shape index (κ1) is 25.2. The largest absolute Gasteiger partial charge is 0.504 e. The van der Waals surface area contributed by atoms with E-state index in [-0.39, 0.29) is 28.2 Å². The standard InChI is InChI=1S/C29H23FN2O5S/c1-3-37-28(35)23-24(17-8-5-4-6-9-17)31-29-32(25(23)18-12-14-20(30)15-13-18)27(34)22(38-29)16-19-10-7-11-21(36-2)26(19)33/h4-16,25,33H,3H2,1-2H3/b22-16-. The number of para-hydroxylation sites is 1. The summed E-state index contributed by atoms with van der Waals surface area (Å²) in [5.41, 5.74) is 1.71. The number of benzene rings is 3. The van der Waals surface area contributed by atoms with Crippen LogP contribution >= 0.6 is 11.3 Å². The number of methoxy groups -OCH3 is 1. The average Bonchev–Trinajstić information content (AvgIpc) is 3.24. The topological polar surface area (TPSA) is 90.1 Å². The highest BCUT2D eigenvalue weighted by atomic mass is 32.1. The van der Waals surface area contributed by atoms with Crippen LogP contribution in [0.3, 0.4) is 0 Å². The van der Waals surface area contributed by atoms with Crippen LogP contribution in [0.5, 0.6) is 11.5 Å². The second-order valence-corrected chi connectivity index (χ2v) is 9.39. The third kappa shape index (κ3) is 4.52. The first-order valence-electron chi connectivity index (χ1n) is 11.8. The van der Waals surface area contributed by atoms with E-state index in [1.807, 2.05) is 30.3 Å². The number of hydrogen-bond donors (Lipinski definition) is 1. The molecule has 2 heterocycles. The molecule has 192 valence electrons. The third-order valence-corrected chi connectivity index (χ3v) is 7.08. The lowest BCUT2D eigenvalue weighted by molar-refractivity contribution is -0.138. The number of nitrogens with zero attached hydrogens (tertiary/aromatic N) is 2. The number of carbonyl (C=O) groups is 1. The molecule has 0 amide bonds. The van der Waals surface area contributed by atoms with Crippen LogP contribution in [-0.4, -0.2) is 29.4 Å². The molecule has 0 saturated heterocycles. The molecule has 4 aromatic rings. The average molecular weight is 531 g/mol. The zero-order chi connectivity index (χ0) is 26.8. The van der Waals surface area contributed by atoms with Gasteiger partial charge in [-0.25, -0.2) is 14.2 Å². The molecule has 1 aliphatic heterocycles. The summed E-state index contributed by atoms with van der Waals surface area (Å²) in [4.78, 5) is 32.3. The molecule has 0 fully saturated rings. The van der Waals surface area contributed by atoms with Gasteiger partial charge in [-0.2, -0.15) is 0 Å². The number of carbonyl (C=O) groups excluding carboxylic acids is 1. The molecule has 0 radical (unpaired) electrons. The van der Waals surface area contributed by atoms with Crippen LogP contribution < -0.4 is 19.6 Å². The SMILES string of the molecule is CCOC(=O)C1=C(c2ccccc2)N=c2s/c(=C\c3cccc(OC)c3O)c(=O)n2C1c1ccc(F)cc1. The van der Waals surface area contributed by atoms with Gasteiger partial charge in [0.05, 0.1) is 35.6 Å². The molecule has 7 nitrogen and oxygen atoms in total. The lowest BCUT2D eigenvalue weighted by Crippen LogP contribution is -2.40. The maximum atomic E-state index is 13.9. The van der Waals surface area contributed by atoms with E-state index in [1.54, 1.807) is 43.3 Å². The Morgan fingerprint density at radius 1 is 1.11 bits per heavy atom. The Morgan fingerprint density at radius 3 is 2.53 bits per heavy atom. The first-order chi connectivity index (χ1) is 18.4. The minimum Gasteiger partial charge on any atom is -0.504 e. The normalized spacial score (nSPS) is 15.1. The van der Waals surface area contributed by atoms with Crippen LogP contribution in [0, 0.1) is 5.82 Å². The quantitative estimate of drug-likeness (QED) is 0.383. The van der Waals surface area contributed by atoms with Gasteiger partial charge in [0.2, 0.25) is 0 Å². The number of phenolic OH excluding ortho intramolecular Hbond substituents is 1. The molecule has 1 atom stereocenters. The number of thiazole rings is 1. The molecule has 0 spiro atoms. The first-order valence-corrected chi connectivity index (χ1v) is 12.6. The number of rotatable bonds is 6. The lowest BCUT2D eigenvalue weighted by Gasteiger charge is -2.25. The van der Waals surface area contributed by atoms with E-state index < -0.39 is 23.4 Å². The Bertz CT molecular complexity index is 1720. The van der Waals surface area contributed by atoms with Crippen LogP contribution in [0.4, 0.5) is 4.39 Å². The van der Waals surface area contributed by atoms with Crippen LogP contribution in [0.15, 0.2) is 88.2 Å². The molecule has 1 N–H and O–H groups in total. The van der Waals surface area contributed by atoms with Gasteiger partial charge < -0.3 is 14.6 Å². The zero-order valence-corrected chi connectivity index (χ0v) is 21.4. The van der Waals surface area contributed by atoms with E-state index in [0.29, 0.717) is 27.2 Å². The highest BCUT2D eigenvalue weighted by Gasteiger charge is 2.35. The van der Waals surface area contributed by atoms with Gasteiger partial charge in [0.25, 0.3) is 5.56 Å². The monoisotopic (exact) mass is 530 g/mol. The van der Waals surface area contributed by atoms with E-state index >= 15 is 0 Å². The molecule has 3 aromatic carbocycles. The molecule has 1 aliphatic rings. The number of aromatic hydroxyl groups is 1. The Balaban J connectivity index is 1.83. The maximum absolute atomic E-state index is 13.9. The summed E-state index contributed by atoms with van der Waals surface area (Å²) in [6, 6.07) is 18.9. The van der Waals surface area contributed by atoms with Gasteiger partial charge in [-0.15, -0.1) is 0 Å². The Morgan fingerprint density at radius 2 is 1.84 bits per heavy atom. The molecule has 38 heavy (non-hydrogen) atoms. The van der Waals surface area contributed by atoms with Crippen LogP contribution in [0.1, 0.15) is 29.7 Å². The molecular formula is C29H23FN2O5S. The predicted octanol–water partition coefficient (Wildman–Crippen LogP) is 3.79. The van der Waals surface area contributed by atoms with Crippen molar-refractivity contribution in [3.8, 4) is 11.5 Å². The van der Waals surface area contributed by atoms with Crippen molar-refractivity contribution < 1.29 is 23.8 Å². The minimum absolute atomic E-state index is 0.104. The number of ether oxygens (including phenoxy) is 2. The van der Waals surface area contributed by atoms with Crippen molar-refractivity contribution in [3.63, 3.8) is 0 Å². The fourth-order valence-electron chi connectivity index (χ4n) is 4.36. The summed E-state index contributed by atoms with van der Waals surface area (Å²) in [7, 11) is 1.44. The fourth-order valence-corrected chi connectivity index (χ4v) is 5.35. The number of fused-ring (bicyclic) bond motifs is 1. The van der Waals surface area contributed by atoms with Crippen molar-refractivity contribution in [1.29, 1.82) is 0 Å². The van der Waals surface area contributed by atoms with Gasteiger partial charge in [0.15, 0.2) is 16.3 Å². The van der Waals surface area contributed by atoms with Crippen molar-refractivity contribution >= 4 is 29.1 Å². The minimum atomic E-state index is -0.915. The summed E-state index contributed by atoms with van der Waals surface area (Å²) in [5.74, 6) is -0.900. The molecular weight excluding hydrogens is 507 g/mol. The Hall–Kier alpha value is -4.50. The van der Waals surface area contributed by atoms with Crippen molar-refractivity contribution in [2.24, 2.45) is 4.99 Å². The van der Waals surface area contributed by atoms with E-state index in [2.05, 4.69) is 0 Å². The van der Waals surface area contributed by atoms with Gasteiger partial charge in [-0.1, -0.05) is 65.9 Å². The van der Waals surface area contributed by atoms with E-state index in [1.165, 1.54) is 23.8 Å². The lowest BCUT2D eigenvalue weighted by atomic mass is 9.93. The second-order valence-electron chi connectivity index (χ2n) is 8.38. The van der Waals surface area contributed by atoms with Crippen molar-refractivity contribution in [2.75, 3.05) is 13.7 Å². The molecule has 1 aromatic heterocycles. The summed E-state index contributed by atoms with van der Waals surface area (Å²) in [6.07, 6.45) is 1.56. The Kier molecular flexibility index (Phi) is 6.93. The van der Waals surface area contributed by atoms with Gasteiger partial charge in [0, 0.05) is 11.1 Å². The van der Waals surface area contributed by atoms with Crippen LogP contribution in [0.25, 0.3) is 11.8 Å². The number of aromatic nitrogens is 1. The van der Waals surface area contributed by atoms with E-state index in [9.17, 15) is 19.1 Å². The van der Waals surface area contributed by atoms with Crippen molar-refractivity contribution in [1.82, 2.24) is 4.57 Å². The van der Waals surface area contributed by atoms with Gasteiger partial charge >= 0.3 is 5.97 Å². The predicted molar refractivity (Wildman–Crippen MR) is 142 cm³/mol. The number of hydrogen-bond acceptors (Lipinski definition) is 7. The van der Waals surface area contributed by atoms with Crippen molar-refractivity contribution in [3.05, 3.63) is 121 Å². The van der Waals surface area contributed by atoms with Gasteiger partial charge in [-0.05, 0) is 36.8 Å². The third-order valence-electron chi connectivity index (χ3n) is 6.10. The fraction of sp³-hybridized carbons (Fsp3) is 0.138. The highest BCUT2D eigenvalue weighted by Crippen LogP contribution is 2.35. The summed E-state index contributed by atoms with van der Waals surface area (Å²) in [6.45, 7) is 1.82. The van der Waals surface area contributed by atoms with Crippen LogP contribution in [0.2, 0.25) is 0 Å². The van der Waals surface area contributed by atoms with Crippen molar-refractivity contribution in [2.45, 2.75) is 13.0 Å². The van der Waals surface area contributed by atoms with E-state index in [0.717, 1.165) is 11.3 Å². The summed E-state index contributed by atoms with van der Waals surface area (Å²) < 4.78 is 26.2. The number of esters is 1. The smallest absolute Gasteiger partial charge is 0.338 e. The molecule has 0 bridgehead atoms. The molecule has 5 rings (SSSR count). The Labute approximate surface area is 221 Å². The maximum Gasteiger partial charge on any atom is 0.338 e. The molecule has 1 unspecified atom stereocenters. The van der Waals surface area contributed by atoms with Crippen LogP contribution in [-0.2, 0) is 9.53 Å². The molecule has 0 saturated carbocycles. The molecule has 9 heteroatoms. The number of phenols is 1. The summed E-state index contributed by atoms with van der Waals surface area (Å²) in [5, 5.41) is 10.6. The van der Waals surface area contributed by atoms with Gasteiger partial charge in [-0.3, -0.25) is 9.36 Å².